The topological polar surface area (TPSA) is 83.4 Å². The Labute approximate surface area is 202 Å². The molecule has 3 aliphatic rings. The smallest absolute Gasteiger partial charge is 0.325 e. The monoisotopic (exact) mass is 467 g/mol. The van der Waals surface area contributed by atoms with E-state index in [0.717, 1.165) is 80.0 Å². The Hall–Kier alpha value is -2.64. The highest BCUT2D eigenvalue weighted by Crippen LogP contribution is 2.35. The van der Waals surface area contributed by atoms with Gasteiger partial charge in [-0.2, -0.15) is 0 Å². The zero-order valence-electron chi connectivity index (χ0n) is 20.2. The molecule has 3 aliphatic heterocycles. The number of carboxylic acid groups (broad SMARTS) is 1. The van der Waals surface area contributed by atoms with Gasteiger partial charge in [0.25, 0.3) is 0 Å². The van der Waals surface area contributed by atoms with E-state index in [1.165, 1.54) is 12.0 Å². The van der Waals surface area contributed by atoms with Crippen LogP contribution in [0, 0.1) is 0 Å². The van der Waals surface area contributed by atoms with Crippen LogP contribution < -0.4 is 10.1 Å². The fraction of sp³-hybridized carbons (Fsp3) is 0.556. The predicted octanol–water partition coefficient (Wildman–Crippen LogP) is 4.25. The van der Waals surface area contributed by atoms with Crippen LogP contribution in [-0.2, 0) is 16.0 Å². The maximum absolute atomic E-state index is 12.2. The van der Waals surface area contributed by atoms with E-state index in [2.05, 4.69) is 18.8 Å². The van der Waals surface area contributed by atoms with Crippen LogP contribution in [0.2, 0.25) is 0 Å². The van der Waals surface area contributed by atoms with Crippen molar-refractivity contribution < 1.29 is 19.4 Å². The lowest BCUT2D eigenvalue weighted by Gasteiger charge is -2.26. The van der Waals surface area contributed by atoms with Crippen LogP contribution in [0.1, 0.15) is 62.6 Å². The highest BCUT2D eigenvalue weighted by atomic mass is 16.5. The minimum absolute atomic E-state index is 0.0710. The zero-order chi connectivity index (χ0) is 23.9. The number of nitrogens with one attached hydrogen (secondary N) is 1. The summed E-state index contributed by atoms with van der Waals surface area (Å²) in [6.45, 7) is 9.70. The van der Waals surface area contributed by atoms with Gasteiger partial charge in [-0.3, -0.25) is 9.69 Å². The average Bonchev–Trinajstić information content (AvgIpc) is 3.49. The van der Waals surface area contributed by atoms with E-state index >= 15 is 0 Å². The molecule has 1 saturated heterocycles. The number of carbonyl (C=O) groups is 1. The molecule has 34 heavy (non-hydrogen) atoms. The fourth-order valence-electron chi connectivity index (χ4n) is 5.09. The first-order chi connectivity index (χ1) is 16.6. The third-order valence-electron chi connectivity index (χ3n) is 6.95. The molecule has 0 spiro atoms. The van der Waals surface area contributed by atoms with Crippen molar-refractivity contribution in [1.29, 1.82) is 0 Å². The summed E-state index contributed by atoms with van der Waals surface area (Å²) < 4.78 is 11.8. The van der Waals surface area contributed by atoms with E-state index in [9.17, 15) is 9.90 Å². The third-order valence-corrected chi connectivity index (χ3v) is 6.95. The van der Waals surface area contributed by atoms with Gasteiger partial charge in [-0.15, -0.1) is 0 Å². The molecule has 7 nitrogen and oxygen atoms in total. The summed E-state index contributed by atoms with van der Waals surface area (Å²) >= 11 is 0. The standard InChI is InChI=1S/C27H37N3O4/c1-3-20(29-26-19(2)8-7-14-28-26)9-4-5-16-33-21-12-15-30(18-21)25(27(31)32)23-10-6-11-24-22(23)13-17-34-24/h3,6,10-11,21,25,28H,1,4-5,7-9,12-18H2,2H3,(H,31,32)/t21-,25?/m1/s1. The summed E-state index contributed by atoms with van der Waals surface area (Å²) in [7, 11) is 0. The fourth-order valence-corrected chi connectivity index (χ4v) is 5.09. The van der Waals surface area contributed by atoms with Gasteiger partial charge < -0.3 is 19.9 Å². The lowest BCUT2D eigenvalue weighted by atomic mass is 9.97. The number of carboxylic acids is 1. The first-order valence-electron chi connectivity index (χ1n) is 12.5. The van der Waals surface area contributed by atoms with Crippen LogP contribution in [0.15, 0.2) is 47.2 Å². The first-order valence-corrected chi connectivity index (χ1v) is 12.5. The van der Waals surface area contributed by atoms with Gasteiger partial charge in [-0.25, -0.2) is 4.99 Å². The highest BCUT2D eigenvalue weighted by Gasteiger charge is 2.36. The van der Waals surface area contributed by atoms with E-state index in [1.54, 1.807) is 0 Å². The molecular formula is C27H37N3O4. The number of hydrogen-bond acceptors (Lipinski definition) is 6. The Kier molecular flexibility index (Phi) is 8.40. The molecule has 1 aromatic carbocycles. The molecule has 1 fully saturated rings. The summed E-state index contributed by atoms with van der Waals surface area (Å²) in [5.74, 6) is 1.02. The maximum Gasteiger partial charge on any atom is 0.325 e. The number of allylic oxidation sites excluding steroid dienone is 2. The van der Waals surface area contributed by atoms with E-state index in [4.69, 9.17) is 14.5 Å². The number of aliphatic imine (C=N–C) groups is 1. The molecule has 7 heteroatoms. The molecule has 1 aromatic rings. The molecule has 0 aromatic heterocycles. The van der Waals surface area contributed by atoms with E-state index in [1.807, 2.05) is 29.2 Å². The Morgan fingerprint density at radius 3 is 3.09 bits per heavy atom. The Balaban J connectivity index is 1.24. The average molecular weight is 468 g/mol. The van der Waals surface area contributed by atoms with Crippen LogP contribution in [0.3, 0.4) is 0 Å². The number of likely N-dealkylation sites (tertiary alicyclic amines) is 1. The Morgan fingerprint density at radius 2 is 2.29 bits per heavy atom. The van der Waals surface area contributed by atoms with Crippen LogP contribution in [-0.4, -0.2) is 60.6 Å². The molecule has 0 aliphatic carbocycles. The minimum atomic E-state index is -0.810. The van der Waals surface area contributed by atoms with Crippen molar-refractivity contribution >= 4 is 11.7 Å². The lowest BCUT2D eigenvalue weighted by molar-refractivity contribution is -0.143. The summed E-state index contributed by atoms with van der Waals surface area (Å²) in [4.78, 5) is 19.0. The maximum atomic E-state index is 12.2. The third kappa shape index (κ3) is 5.88. The predicted molar refractivity (Wildman–Crippen MR) is 133 cm³/mol. The highest BCUT2D eigenvalue weighted by molar-refractivity contribution is 5.95. The van der Waals surface area contributed by atoms with Crippen molar-refractivity contribution in [3.63, 3.8) is 0 Å². The molecule has 2 N–H and O–H groups in total. The lowest BCUT2D eigenvalue weighted by Crippen LogP contribution is -2.34. The second-order valence-electron chi connectivity index (χ2n) is 9.36. The number of rotatable bonds is 11. The number of hydrogen-bond donors (Lipinski definition) is 2. The summed E-state index contributed by atoms with van der Waals surface area (Å²) in [5.41, 5.74) is 4.22. The molecule has 184 valence electrons. The first kappa shape index (κ1) is 24.5. The molecule has 4 rings (SSSR count). The van der Waals surface area contributed by atoms with Gasteiger partial charge in [0.1, 0.15) is 17.6 Å². The van der Waals surface area contributed by atoms with E-state index in [-0.39, 0.29) is 6.10 Å². The second kappa shape index (κ2) is 11.7. The number of ether oxygens (including phenoxy) is 2. The number of nitrogens with zero attached hydrogens (tertiary/aromatic N) is 2. The molecule has 2 atom stereocenters. The van der Waals surface area contributed by atoms with Gasteiger partial charge >= 0.3 is 5.97 Å². The van der Waals surface area contributed by atoms with Crippen LogP contribution in [0.4, 0.5) is 0 Å². The summed E-state index contributed by atoms with van der Waals surface area (Å²) in [5, 5.41) is 13.4. The van der Waals surface area contributed by atoms with Crippen molar-refractivity contribution in [2.45, 2.75) is 64.0 Å². The number of fused-ring (bicyclic) bond motifs is 1. The van der Waals surface area contributed by atoms with Crippen LogP contribution in [0.5, 0.6) is 5.75 Å². The van der Waals surface area contributed by atoms with E-state index in [0.29, 0.717) is 19.8 Å². The Morgan fingerprint density at radius 1 is 1.41 bits per heavy atom. The summed E-state index contributed by atoms with van der Waals surface area (Å²) in [6, 6.07) is 5.09. The van der Waals surface area contributed by atoms with Gasteiger partial charge in [0.2, 0.25) is 0 Å². The van der Waals surface area contributed by atoms with Crippen LogP contribution >= 0.6 is 0 Å². The van der Waals surface area contributed by atoms with Crippen molar-refractivity contribution in [3.05, 3.63) is 53.4 Å². The normalized spacial score (nSPS) is 21.7. The number of aliphatic carboxylic acids is 1. The van der Waals surface area contributed by atoms with Crippen LogP contribution in [0.25, 0.3) is 0 Å². The molecular weight excluding hydrogens is 430 g/mol. The van der Waals surface area contributed by atoms with Crippen molar-refractivity contribution in [2.75, 3.05) is 32.8 Å². The Bertz CT molecular complexity index is 955. The molecule has 0 saturated carbocycles. The number of benzene rings is 1. The van der Waals surface area contributed by atoms with Gasteiger partial charge in [-0.05, 0) is 68.7 Å². The second-order valence-corrected chi connectivity index (χ2v) is 9.36. The van der Waals surface area contributed by atoms with Gasteiger partial charge in [0.05, 0.1) is 12.7 Å². The molecule has 0 radical (unpaired) electrons. The van der Waals surface area contributed by atoms with Gasteiger partial charge in [0, 0.05) is 43.9 Å². The molecule has 0 bridgehead atoms. The van der Waals surface area contributed by atoms with Crippen molar-refractivity contribution in [3.8, 4) is 5.75 Å². The van der Waals surface area contributed by atoms with E-state index < -0.39 is 12.0 Å². The van der Waals surface area contributed by atoms with Gasteiger partial charge in [-0.1, -0.05) is 18.7 Å². The zero-order valence-corrected chi connectivity index (χ0v) is 20.2. The quantitative estimate of drug-likeness (QED) is 0.374. The van der Waals surface area contributed by atoms with Gasteiger partial charge in [0.15, 0.2) is 0 Å². The molecule has 3 heterocycles. The van der Waals surface area contributed by atoms with Crippen molar-refractivity contribution in [1.82, 2.24) is 10.2 Å². The van der Waals surface area contributed by atoms with Crippen molar-refractivity contribution in [2.24, 2.45) is 4.99 Å². The number of unbranched alkanes of at least 4 members (excludes halogenated alkanes) is 1. The molecule has 0 amide bonds. The largest absolute Gasteiger partial charge is 0.493 e. The SMILES string of the molecule is C=CC(CCCCO[C@@H]1CCN(C(C(=O)O)c2cccc3c2CCO3)C1)=NC1=C(C)CCCN1. The summed E-state index contributed by atoms with van der Waals surface area (Å²) in [6.07, 6.45) is 8.63. The minimum Gasteiger partial charge on any atom is -0.493 e. The molecule has 1 unspecified atom stereocenters.